The molecule has 0 bridgehead atoms. The van der Waals surface area contributed by atoms with Crippen LogP contribution >= 0.6 is 0 Å². The van der Waals surface area contributed by atoms with Crippen molar-refractivity contribution < 1.29 is 9.53 Å². The molecule has 0 aliphatic heterocycles. The Hall–Kier alpha value is -1.58. The summed E-state index contributed by atoms with van der Waals surface area (Å²) in [6.45, 7) is 4.29. The van der Waals surface area contributed by atoms with E-state index in [9.17, 15) is 9.59 Å². The van der Waals surface area contributed by atoms with Gasteiger partial charge in [0.25, 0.3) is 5.56 Å². The van der Waals surface area contributed by atoms with Crippen LogP contribution in [0.5, 0.6) is 0 Å². The highest BCUT2D eigenvalue weighted by Gasteiger charge is 2.05. The molecule has 4 heteroatoms. The largest absolute Gasteiger partial charge is 0.464 e. The summed E-state index contributed by atoms with van der Waals surface area (Å²) in [7, 11) is 0. The first-order valence-electron chi connectivity index (χ1n) is 4.90. The quantitative estimate of drug-likeness (QED) is 0.696. The molecule has 15 heavy (non-hydrogen) atoms. The van der Waals surface area contributed by atoms with E-state index in [4.69, 9.17) is 4.74 Å². The first-order chi connectivity index (χ1) is 7.09. The van der Waals surface area contributed by atoms with E-state index >= 15 is 0 Å². The van der Waals surface area contributed by atoms with Gasteiger partial charge in [0.1, 0.15) is 6.54 Å². The van der Waals surface area contributed by atoms with Crippen LogP contribution in [0.1, 0.15) is 13.8 Å². The van der Waals surface area contributed by atoms with E-state index in [1.165, 1.54) is 10.6 Å². The highest BCUT2D eigenvalue weighted by atomic mass is 16.5. The molecule has 0 spiro atoms. The van der Waals surface area contributed by atoms with Gasteiger partial charge in [-0.2, -0.15) is 0 Å². The number of ether oxygens (including phenoxy) is 1. The molecule has 0 N–H and O–H groups in total. The number of carbonyl (C=O) groups is 1. The molecule has 4 nitrogen and oxygen atoms in total. The van der Waals surface area contributed by atoms with Crippen molar-refractivity contribution in [1.29, 1.82) is 0 Å². The fourth-order valence-corrected chi connectivity index (χ4v) is 1.04. The Morgan fingerprint density at radius 1 is 1.47 bits per heavy atom. The Kier molecular flexibility index (Phi) is 4.09. The van der Waals surface area contributed by atoms with Crippen molar-refractivity contribution in [3.8, 4) is 0 Å². The van der Waals surface area contributed by atoms with Crippen LogP contribution < -0.4 is 5.56 Å². The summed E-state index contributed by atoms with van der Waals surface area (Å²) in [4.78, 5) is 22.5. The summed E-state index contributed by atoms with van der Waals surface area (Å²) >= 11 is 0. The molecule has 0 saturated heterocycles. The van der Waals surface area contributed by atoms with Crippen LogP contribution in [0.3, 0.4) is 0 Å². The molecule has 82 valence electrons. The smallest absolute Gasteiger partial charge is 0.326 e. The van der Waals surface area contributed by atoms with Crippen molar-refractivity contribution in [1.82, 2.24) is 4.57 Å². The fourth-order valence-electron chi connectivity index (χ4n) is 1.04. The van der Waals surface area contributed by atoms with Crippen molar-refractivity contribution >= 4 is 5.97 Å². The normalized spacial score (nSPS) is 10.3. The lowest BCUT2D eigenvalue weighted by Crippen LogP contribution is -2.24. The molecule has 1 aromatic heterocycles. The van der Waals surface area contributed by atoms with E-state index in [-0.39, 0.29) is 18.1 Å². The molecule has 0 aliphatic carbocycles. The second kappa shape index (κ2) is 5.34. The van der Waals surface area contributed by atoms with Gasteiger partial charge in [-0.25, -0.2) is 0 Å². The lowest BCUT2D eigenvalue weighted by Gasteiger charge is -2.08. The number of rotatable bonds is 4. The molecule has 0 aromatic carbocycles. The van der Waals surface area contributed by atoms with Gasteiger partial charge in [0.05, 0.1) is 6.61 Å². The van der Waals surface area contributed by atoms with Crippen molar-refractivity contribution in [3.05, 3.63) is 34.7 Å². The number of esters is 1. The SMILES string of the molecule is CC(C)COC(=O)Cn1ccccc1=O. The van der Waals surface area contributed by atoms with Crippen LogP contribution in [0, 0.1) is 5.92 Å². The van der Waals surface area contributed by atoms with E-state index in [1.54, 1.807) is 18.3 Å². The van der Waals surface area contributed by atoms with Gasteiger partial charge in [-0.3, -0.25) is 9.59 Å². The fraction of sp³-hybridized carbons (Fsp3) is 0.455. The molecule has 1 heterocycles. The minimum absolute atomic E-state index is 0.0214. The van der Waals surface area contributed by atoms with E-state index in [0.717, 1.165) is 0 Å². The van der Waals surface area contributed by atoms with Gasteiger partial charge in [-0.15, -0.1) is 0 Å². The average molecular weight is 209 g/mol. The van der Waals surface area contributed by atoms with Crippen LogP contribution in [-0.2, 0) is 16.1 Å². The highest BCUT2D eigenvalue weighted by molar-refractivity contribution is 5.69. The van der Waals surface area contributed by atoms with Crippen molar-refractivity contribution in [2.75, 3.05) is 6.61 Å². The molecule has 0 saturated carbocycles. The van der Waals surface area contributed by atoms with Crippen LogP contribution in [0.25, 0.3) is 0 Å². The minimum Gasteiger partial charge on any atom is -0.464 e. The van der Waals surface area contributed by atoms with Gasteiger partial charge < -0.3 is 9.30 Å². The van der Waals surface area contributed by atoms with Gasteiger partial charge in [0.15, 0.2) is 0 Å². The Balaban J connectivity index is 2.52. The molecule has 1 rings (SSSR count). The van der Waals surface area contributed by atoms with Gasteiger partial charge >= 0.3 is 5.97 Å². The topological polar surface area (TPSA) is 48.3 Å². The maximum absolute atomic E-state index is 11.3. The monoisotopic (exact) mass is 209 g/mol. The summed E-state index contributed by atoms with van der Waals surface area (Å²) in [5, 5.41) is 0. The van der Waals surface area contributed by atoms with Gasteiger partial charge in [-0.05, 0) is 12.0 Å². The standard InChI is InChI=1S/C11H15NO3/c1-9(2)8-15-11(14)7-12-6-4-3-5-10(12)13/h3-6,9H,7-8H2,1-2H3. The van der Waals surface area contributed by atoms with Gasteiger partial charge in [-0.1, -0.05) is 19.9 Å². The summed E-state index contributed by atoms with van der Waals surface area (Å²) in [6.07, 6.45) is 1.57. The molecule has 0 atom stereocenters. The Morgan fingerprint density at radius 3 is 2.80 bits per heavy atom. The summed E-state index contributed by atoms with van der Waals surface area (Å²) in [5.41, 5.74) is -0.195. The van der Waals surface area contributed by atoms with E-state index in [0.29, 0.717) is 12.5 Å². The number of pyridine rings is 1. The van der Waals surface area contributed by atoms with E-state index < -0.39 is 0 Å². The zero-order valence-corrected chi connectivity index (χ0v) is 8.97. The number of hydrogen-bond donors (Lipinski definition) is 0. The minimum atomic E-state index is -0.378. The molecule has 0 radical (unpaired) electrons. The van der Waals surface area contributed by atoms with Crippen LogP contribution in [0.15, 0.2) is 29.2 Å². The van der Waals surface area contributed by atoms with E-state index in [1.807, 2.05) is 13.8 Å². The Bertz CT molecular complexity index is 381. The maximum atomic E-state index is 11.3. The summed E-state index contributed by atoms with van der Waals surface area (Å²) in [6, 6.07) is 4.76. The molecule has 1 aromatic rings. The van der Waals surface area contributed by atoms with E-state index in [2.05, 4.69) is 0 Å². The zero-order chi connectivity index (χ0) is 11.3. The highest BCUT2D eigenvalue weighted by Crippen LogP contribution is 1.94. The zero-order valence-electron chi connectivity index (χ0n) is 8.97. The predicted molar refractivity (Wildman–Crippen MR) is 56.5 cm³/mol. The molecule has 0 unspecified atom stereocenters. The Morgan fingerprint density at radius 2 is 2.20 bits per heavy atom. The van der Waals surface area contributed by atoms with Crippen molar-refractivity contribution in [2.45, 2.75) is 20.4 Å². The predicted octanol–water partition coefficient (Wildman–Crippen LogP) is 1.05. The molecule has 0 amide bonds. The van der Waals surface area contributed by atoms with Gasteiger partial charge in [0.2, 0.25) is 0 Å². The van der Waals surface area contributed by atoms with Crippen molar-refractivity contribution in [2.24, 2.45) is 5.92 Å². The van der Waals surface area contributed by atoms with Crippen LogP contribution in [0.2, 0.25) is 0 Å². The summed E-state index contributed by atoms with van der Waals surface area (Å²) < 4.78 is 6.29. The number of aromatic nitrogens is 1. The first kappa shape index (κ1) is 11.5. The second-order valence-electron chi connectivity index (χ2n) is 3.74. The third-order valence-corrected chi connectivity index (χ3v) is 1.78. The third-order valence-electron chi connectivity index (χ3n) is 1.78. The van der Waals surface area contributed by atoms with Crippen LogP contribution in [-0.4, -0.2) is 17.1 Å². The molecule has 0 fully saturated rings. The molecular formula is C11H15NO3. The molecular weight excluding hydrogens is 194 g/mol. The third kappa shape index (κ3) is 3.97. The number of hydrogen-bond acceptors (Lipinski definition) is 3. The number of carbonyl (C=O) groups excluding carboxylic acids is 1. The lowest BCUT2D eigenvalue weighted by molar-refractivity contribution is -0.145. The van der Waals surface area contributed by atoms with Crippen molar-refractivity contribution in [3.63, 3.8) is 0 Å². The number of nitrogens with zero attached hydrogens (tertiary/aromatic N) is 1. The Labute approximate surface area is 88.5 Å². The molecule has 0 aliphatic rings. The second-order valence-corrected chi connectivity index (χ2v) is 3.74. The van der Waals surface area contributed by atoms with Gasteiger partial charge in [0, 0.05) is 12.3 Å². The maximum Gasteiger partial charge on any atom is 0.326 e. The van der Waals surface area contributed by atoms with Crippen LogP contribution in [0.4, 0.5) is 0 Å². The lowest BCUT2D eigenvalue weighted by atomic mass is 10.2. The first-order valence-corrected chi connectivity index (χ1v) is 4.90. The summed E-state index contributed by atoms with van der Waals surface area (Å²) in [5.74, 6) is -0.0709. The average Bonchev–Trinajstić information content (AvgIpc) is 2.18.